The van der Waals surface area contributed by atoms with Gasteiger partial charge in [-0.15, -0.1) is 0 Å². The molecule has 0 fully saturated rings. The summed E-state index contributed by atoms with van der Waals surface area (Å²) in [5.74, 6) is 0. The van der Waals surface area contributed by atoms with Gasteiger partial charge < -0.3 is 5.73 Å². The fourth-order valence-electron chi connectivity index (χ4n) is 1.43. The van der Waals surface area contributed by atoms with E-state index in [1.807, 2.05) is 6.07 Å². The molecule has 1 aromatic carbocycles. The first kappa shape index (κ1) is 10.2. The third kappa shape index (κ3) is 2.02. The van der Waals surface area contributed by atoms with Gasteiger partial charge in [0.05, 0.1) is 11.9 Å². The number of hydrogen-bond donors (Lipinski definition) is 1. The van der Waals surface area contributed by atoms with Crippen LogP contribution in [-0.4, -0.2) is 4.98 Å². The van der Waals surface area contributed by atoms with Crippen LogP contribution in [0.1, 0.15) is 5.56 Å². The Kier molecular flexibility index (Phi) is 2.73. The molecule has 2 aromatic rings. The topological polar surface area (TPSA) is 38.9 Å². The molecule has 15 heavy (non-hydrogen) atoms. The number of anilines is 1. The van der Waals surface area contributed by atoms with Crippen LogP contribution in [0.2, 0.25) is 0 Å². The van der Waals surface area contributed by atoms with E-state index >= 15 is 0 Å². The molecule has 1 aromatic heterocycles. The first-order valence-corrected chi connectivity index (χ1v) is 5.44. The van der Waals surface area contributed by atoms with Crippen molar-refractivity contribution in [3.05, 3.63) is 46.7 Å². The Hall–Kier alpha value is -1.35. The predicted molar refractivity (Wildman–Crippen MR) is 66.5 cm³/mol. The number of halogens is 1. The van der Waals surface area contributed by atoms with E-state index in [9.17, 15) is 0 Å². The second kappa shape index (κ2) is 4.03. The molecule has 0 saturated heterocycles. The smallest absolute Gasteiger partial charge is 0.0580 e. The van der Waals surface area contributed by atoms with Gasteiger partial charge in [-0.1, -0.05) is 28.1 Å². The molecule has 0 atom stereocenters. The number of nitrogens with zero attached hydrogens (tertiary/aromatic N) is 1. The third-order valence-corrected chi connectivity index (χ3v) is 3.19. The van der Waals surface area contributed by atoms with Crippen LogP contribution in [0.3, 0.4) is 0 Å². The first-order valence-electron chi connectivity index (χ1n) is 4.64. The van der Waals surface area contributed by atoms with Crippen LogP contribution in [0.25, 0.3) is 11.1 Å². The molecular weight excluding hydrogens is 252 g/mol. The molecule has 2 N–H and O–H groups in total. The van der Waals surface area contributed by atoms with Crippen molar-refractivity contribution in [1.82, 2.24) is 4.98 Å². The van der Waals surface area contributed by atoms with Crippen molar-refractivity contribution < 1.29 is 0 Å². The maximum Gasteiger partial charge on any atom is 0.0580 e. The molecule has 3 heteroatoms. The monoisotopic (exact) mass is 262 g/mol. The van der Waals surface area contributed by atoms with Gasteiger partial charge in [0, 0.05) is 16.2 Å². The zero-order valence-electron chi connectivity index (χ0n) is 8.37. The molecule has 0 aliphatic heterocycles. The lowest BCUT2D eigenvalue weighted by Gasteiger charge is -2.06. The number of benzene rings is 1. The van der Waals surface area contributed by atoms with Gasteiger partial charge in [-0.05, 0) is 30.2 Å². The van der Waals surface area contributed by atoms with Crippen LogP contribution < -0.4 is 5.73 Å². The number of aromatic nitrogens is 1. The van der Waals surface area contributed by atoms with E-state index in [1.165, 1.54) is 5.56 Å². The molecule has 0 unspecified atom stereocenters. The standard InChI is InChI=1S/C12H11BrN2/c1-8-2-3-9(6-11(8)13)10-4-5-15-7-12(10)14/h2-7H,14H2,1H3. The lowest BCUT2D eigenvalue weighted by Crippen LogP contribution is -1.91. The van der Waals surface area contributed by atoms with Crippen LogP contribution in [0.5, 0.6) is 0 Å². The lowest BCUT2D eigenvalue weighted by atomic mass is 10.0. The summed E-state index contributed by atoms with van der Waals surface area (Å²) in [5.41, 5.74) is 9.90. The van der Waals surface area contributed by atoms with Gasteiger partial charge in [0.15, 0.2) is 0 Å². The quantitative estimate of drug-likeness (QED) is 0.856. The molecule has 0 aliphatic carbocycles. The predicted octanol–water partition coefficient (Wildman–Crippen LogP) is 3.40. The highest BCUT2D eigenvalue weighted by Gasteiger charge is 2.03. The number of nitrogen functional groups attached to an aromatic ring is 1. The van der Waals surface area contributed by atoms with Gasteiger partial charge in [0.25, 0.3) is 0 Å². The van der Waals surface area contributed by atoms with E-state index < -0.39 is 0 Å². The van der Waals surface area contributed by atoms with Crippen molar-refractivity contribution in [2.75, 3.05) is 5.73 Å². The summed E-state index contributed by atoms with van der Waals surface area (Å²) in [6.07, 6.45) is 3.42. The number of nitrogens with two attached hydrogens (primary N) is 1. The molecule has 2 nitrogen and oxygen atoms in total. The van der Waals surface area contributed by atoms with Crippen molar-refractivity contribution in [2.24, 2.45) is 0 Å². The fourth-order valence-corrected chi connectivity index (χ4v) is 1.81. The Morgan fingerprint density at radius 2 is 2.07 bits per heavy atom. The summed E-state index contributed by atoms with van der Waals surface area (Å²) in [7, 11) is 0. The summed E-state index contributed by atoms with van der Waals surface area (Å²) >= 11 is 3.51. The zero-order valence-corrected chi connectivity index (χ0v) is 9.95. The summed E-state index contributed by atoms with van der Waals surface area (Å²) in [6, 6.07) is 8.12. The van der Waals surface area contributed by atoms with E-state index in [1.54, 1.807) is 12.4 Å². The van der Waals surface area contributed by atoms with Crippen molar-refractivity contribution in [2.45, 2.75) is 6.92 Å². The van der Waals surface area contributed by atoms with Gasteiger partial charge in [0.2, 0.25) is 0 Å². The fraction of sp³-hybridized carbons (Fsp3) is 0.0833. The summed E-state index contributed by atoms with van der Waals surface area (Å²) in [6.45, 7) is 2.06. The average Bonchev–Trinajstić information content (AvgIpc) is 2.23. The molecule has 76 valence electrons. The Morgan fingerprint density at radius 1 is 1.27 bits per heavy atom. The van der Waals surface area contributed by atoms with E-state index in [2.05, 4.69) is 46.0 Å². The highest BCUT2D eigenvalue weighted by atomic mass is 79.9. The van der Waals surface area contributed by atoms with Gasteiger partial charge >= 0.3 is 0 Å². The van der Waals surface area contributed by atoms with Crippen molar-refractivity contribution in [1.29, 1.82) is 0 Å². The van der Waals surface area contributed by atoms with E-state index in [4.69, 9.17) is 5.73 Å². The third-order valence-electron chi connectivity index (χ3n) is 2.33. The largest absolute Gasteiger partial charge is 0.397 e. The number of pyridine rings is 1. The van der Waals surface area contributed by atoms with Gasteiger partial charge in [-0.3, -0.25) is 4.98 Å². The van der Waals surface area contributed by atoms with Crippen LogP contribution in [0.15, 0.2) is 41.1 Å². The molecule has 1 heterocycles. The van der Waals surface area contributed by atoms with Crippen LogP contribution in [0, 0.1) is 6.92 Å². The summed E-state index contributed by atoms with van der Waals surface area (Å²) < 4.78 is 1.09. The van der Waals surface area contributed by atoms with Crippen LogP contribution in [-0.2, 0) is 0 Å². The van der Waals surface area contributed by atoms with Gasteiger partial charge in [-0.2, -0.15) is 0 Å². The average molecular weight is 263 g/mol. The number of aryl methyl sites for hydroxylation is 1. The highest BCUT2D eigenvalue weighted by Crippen LogP contribution is 2.28. The van der Waals surface area contributed by atoms with E-state index in [0.717, 1.165) is 15.6 Å². The number of rotatable bonds is 1. The van der Waals surface area contributed by atoms with Crippen LogP contribution >= 0.6 is 15.9 Å². The Labute approximate surface area is 97.3 Å². The maximum absolute atomic E-state index is 5.86. The Balaban J connectivity index is 2.55. The van der Waals surface area contributed by atoms with E-state index in [-0.39, 0.29) is 0 Å². The first-order chi connectivity index (χ1) is 7.18. The second-order valence-electron chi connectivity index (χ2n) is 3.43. The maximum atomic E-state index is 5.86. The zero-order chi connectivity index (χ0) is 10.8. The minimum atomic E-state index is 0.702. The second-order valence-corrected chi connectivity index (χ2v) is 4.28. The minimum absolute atomic E-state index is 0.702. The summed E-state index contributed by atoms with van der Waals surface area (Å²) in [4.78, 5) is 3.97. The van der Waals surface area contributed by atoms with Crippen molar-refractivity contribution in [3.8, 4) is 11.1 Å². The molecule has 0 radical (unpaired) electrons. The van der Waals surface area contributed by atoms with Crippen molar-refractivity contribution in [3.63, 3.8) is 0 Å². The molecule has 0 saturated carbocycles. The lowest BCUT2D eigenvalue weighted by molar-refractivity contribution is 1.33. The SMILES string of the molecule is Cc1ccc(-c2ccncc2N)cc1Br. The van der Waals surface area contributed by atoms with Gasteiger partial charge in [-0.25, -0.2) is 0 Å². The highest BCUT2D eigenvalue weighted by molar-refractivity contribution is 9.10. The van der Waals surface area contributed by atoms with E-state index in [0.29, 0.717) is 5.69 Å². The Morgan fingerprint density at radius 3 is 2.73 bits per heavy atom. The number of hydrogen-bond acceptors (Lipinski definition) is 2. The molecule has 0 bridgehead atoms. The molecule has 0 amide bonds. The minimum Gasteiger partial charge on any atom is -0.397 e. The molecule has 2 rings (SSSR count). The van der Waals surface area contributed by atoms with Crippen LogP contribution in [0.4, 0.5) is 5.69 Å². The summed E-state index contributed by atoms with van der Waals surface area (Å²) in [5, 5.41) is 0. The Bertz CT molecular complexity index is 495. The van der Waals surface area contributed by atoms with Crippen molar-refractivity contribution >= 4 is 21.6 Å². The van der Waals surface area contributed by atoms with Gasteiger partial charge in [0.1, 0.15) is 0 Å². The normalized spacial score (nSPS) is 10.3. The molecule has 0 spiro atoms. The molecule has 0 aliphatic rings. The molecular formula is C12H11BrN2.